The summed E-state index contributed by atoms with van der Waals surface area (Å²) >= 11 is 0. The van der Waals surface area contributed by atoms with E-state index in [2.05, 4.69) is 25.4 Å². The highest BCUT2D eigenvalue weighted by Gasteiger charge is 2.06. The van der Waals surface area contributed by atoms with Crippen LogP contribution in [0.15, 0.2) is 49.1 Å². The average Bonchev–Trinajstić information content (AvgIpc) is 2.90. The van der Waals surface area contributed by atoms with Gasteiger partial charge in [0.15, 0.2) is 0 Å². The van der Waals surface area contributed by atoms with Gasteiger partial charge in [-0.15, -0.1) is 15.0 Å². The molecule has 0 aliphatic rings. The van der Waals surface area contributed by atoms with Crippen molar-refractivity contribution in [1.29, 1.82) is 0 Å². The van der Waals surface area contributed by atoms with Crippen LogP contribution >= 0.6 is 0 Å². The SMILES string of the molecule is c1cncc(-n2nnc(-c3ccncc3)n2)c1. The number of aromatic nitrogens is 6. The van der Waals surface area contributed by atoms with E-state index in [1.165, 1.54) is 4.80 Å². The van der Waals surface area contributed by atoms with E-state index in [0.29, 0.717) is 5.82 Å². The zero-order valence-corrected chi connectivity index (χ0v) is 8.80. The summed E-state index contributed by atoms with van der Waals surface area (Å²) in [4.78, 5) is 9.39. The highest BCUT2D eigenvalue weighted by Crippen LogP contribution is 2.12. The van der Waals surface area contributed by atoms with Gasteiger partial charge in [0.2, 0.25) is 5.82 Å². The van der Waals surface area contributed by atoms with Crippen molar-refractivity contribution in [1.82, 2.24) is 30.2 Å². The van der Waals surface area contributed by atoms with Gasteiger partial charge in [-0.1, -0.05) is 0 Å². The lowest BCUT2D eigenvalue weighted by molar-refractivity contribution is 0.717. The Kier molecular flexibility index (Phi) is 2.31. The molecule has 6 heteroatoms. The molecule has 0 N–H and O–H groups in total. The van der Waals surface area contributed by atoms with E-state index in [1.807, 2.05) is 24.3 Å². The molecular weight excluding hydrogens is 216 g/mol. The first-order valence-electron chi connectivity index (χ1n) is 5.04. The summed E-state index contributed by atoms with van der Waals surface area (Å²) in [5, 5.41) is 12.2. The Morgan fingerprint density at radius 2 is 1.82 bits per heavy atom. The van der Waals surface area contributed by atoms with E-state index < -0.39 is 0 Å². The van der Waals surface area contributed by atoms with Gasteiger partial charge >= 0.3 is 0 Å². The minimum absolute atomic E-state index is 0.566. The van der Waals surface area contributed by atoms with Crippen molar-refractivity contribution < 1.29 is 0 Å². The predicted octanol–water partition coefficient (Wildman–Crippen LogP) is 1.12. The summed E-state index contributed by atoms with van der Waals surface area (Å²) < 4.78 is 0. The Bertz CT molecular complexity index is 550. The highest BCUT2D eigenvalue weighted by atomic mass is 15.6. The van der Waals surface area contributed by atoms with E-state index in [1.54, 1.807) is 24.8 Å². The minimum atomic E-state index is 0.566. The van der Waals surface area contributed by atoms with E-state index in [-0.39, 0.29) is 0 Å². The van der Waals surface area contributed by atoms with Crippen molar-refractivity contribution in [3.63, 3.8) is 0 Å². The second-order valence-electron chi connectivity index (χ2n) is 3.35. The normalized spacial score (nSPS) is 10.4. The molecule has 0 aliphatic heterocycles. The molecule has 0 unspecified atom stereocenters. The van der Waals surface area contributed by atoms with Crippen LogP contribution in [0.3, 0.4) is 0 Å². The Balaban J connectivity index is 1.99. The summed E-state index contributed by atoms with van der Waals surface area (Å²) in [6.07, 6.45) is 6.77. The molecule has 3 heterocycles. The van der Waals surface area contributed by atoms with Gasteiger partial charge in [-0.3, -0.25) is 9.97 Å². The molecular formula is C11H8N6. The van der Waals surface area contributed by atoms with Gasteiger partial charge in [-0.2, -0.15) is 0 Å². The number of hydrogen-bond donors (Lipinski definition) is 0. The molecule has 6 nitrogen and oxygen atoms in total. The summed E-state index contributed by atoms with van der Waals surface area (Å²) in [7, 11) is 0. The number of pyridine rings is 2. The second kappa shape index (κ2) is 4.09. The van der Waals surface area contributed by atoms with Crippen LogP contribution in [0.2, 0.25) is 0 Å². The molecule has 0 aliphatic carbocycles. The third-order valence-corrected chi connectivity index (χ3v) is 2.23. The molecule has 0 aromatic carbocycles. The lowest BCUT2D eigenvalue weighted by Gasteiger charge is -1.95. The molecule has 0 radical (unpaired) electrons. The molecule has 17 heavy (non-hydrogen) atoms. The molecule has 0 atom stereocenters. The first kappa shape index (κ1) is 9.59. The maximum Gasteiger partial charge on any atom is 0.205 e. The minimum Gasteiger partial charge on any atom is -0.265 e. The van der Waals surface area contributed by atoms with Crippen LogP contribution < -0.4 is 0 Å². The number of tetrazole rings is 1. The van der Waals surface area contributed by atoms with Crippen molar-refractivity contribution in [3.8, 4) is 17.1 Å². The highest BCUT2D eigenvalue weighted by molar-refractivity contribution is 5.52. The molecule has 3 aromatic heterocycles. The standard InChI is InChI=1S/C11H8N6/c1-2-10(8-13-5-1)17-15-11(14-16-17)9-3-6-12-7-4-9/h1-8H. The van der Waals surface area contributed by atoms with Crippen LogP contribution in [-0.2, 0) is 0 Å². The molecule has 3 aromatic rings. The quantitative estimate of drug-likeness (QED) is 0.652. The maximum absolute atomic E-state index is 4.28. The predicted molar refractivity (Wildman–Crippen MR) is 60.2 cm³/mol. The Morgan fingerprint density at radius 3 is 2.59 bits per heavy atom. The first-order chi connectivity index (χ1) is 8.43. The summed E-state index contributed by atoms with van der Waals surface area (Å²) in [5.41, 5.74) is 1.66. The van der Waals surface area contributed by atoms with Gasteiger partial charge in [0.25, 0.3) is 0 Å². The van der Waals surface area contributed by atoms with Crippen LogP contribution in [0.1, 0.15) is 0 Å². The average molecular weight is 224 g/mol. The van der Waals surface area contributed by atoms with E-state index in [9.17, 15) is 0 Å². The smallest absolute Gasteiger partial charge is 0.205 e. The van der Waals surface area contributed by atoms with Gasteiger partial charge in [0.1, 0.15) is 5.69 Å². The molecule has 0 fully saturated rings. The van der Waals surface area contributed by atoms with E-state index in [0.717, 1.165) is 11.3 Å². The third kappa shape index (κ3) is 1.87. The molecule has 82 valence electrons. The molecule has 0 saturated heterocycles. The fourth-order valence-corrected chi connectivity index (χ4v) is 1.41. The van der Waals surface area contributed by atoms with Gasteiger partial charge in [0.05, 0.1) is 6.20 Å². The Labute approximate surface area is 97.0 Å². The van der Waals surface area contributed by atoms with Crippen molar-refractivity contribution in [3.05, 3.63) is 49.1 Å². The monoisotopic (exact) mass is 224 g/mol. The lowest BCUT2D eigenvalue weighted by Crippen LogP contribution is -1.98. The topological polar surface area (TPSA) is 69.4 Å². The van der Waals surface area contributed by atoms with Crippen LogP contribution in [0, 0.1) is 0 Å². The fraction of sp³-hybridized carbons (Fsp3) is 0. The largest absolute Gasteiger partial charge is 0.265 e. The summed E-state index contributed by atoms with van der Waals surface area (Å²) in [5.74, 6) is 0.566. The maximum atomic E-state index is 4.28. The van der Waals surface area contributed by atoms with Crippen molar-refractivity contribution in [2.75, 3.05) is 0 Å². The fourth-order valence-electron chi connectivity index (χ4n) is 1.41. The second-order valence-corrected chi connectivity index (χ2v) is 3.35. The number of hydrogen-bond acceptors (Lipinski definition) is 5. The van der Waals surface area contributed by atoms with Crippen LogP contribution in [0.5, 0.6) is 0 Å². The third-order valence-electron chi connectivity index (χ3n) is 2.23. The van der Waals surface area contributed by atoms with E-state index >= 15 is 0 Å². The number of rotatable bonds is 2. The molecule has 0 amide bonds. The molecule has 0 saturated carbocycles. The van der Waals surface area contributed by atoms with Gasteiger partial charge in [0, 0.05) is 24.2 Å². The molecule has 0 spiro atoms. The van der Waals surface area contributed by atoms with Crippen LogP contribution in [0.4, 0.5) is 0 Å². The van der Waals surface area contributed by atoms with Crippen molar-refractivity contribution >= 4 is 0 Å². The van der Waals surface area contributed by atoms with Gasteiger partial charge in [-0.25, -0.2) is 0 Å². The first-order valence-corrected chi connectivity index (χ1v) is 5.04. The molecule has 3 rings (SSSR count). The summed E-state index contributed by atoms with van der Waals surface area (Å²) in [6, 6.07) is 7.37. The summed E-state index contributed by atoms with van der Waals surface area (Å²) in [6.45, 7) is 0. The van der Waals surface area contributed by atoms with Gasteiger partial charge < -0.3 is 0 Å². The van der Waals surface area contributed by atoms with Gasteiger partial charge in [-0.05, 0) is 29.5 Å². The van der Waals surface area contributed by atoms with Crippen LogP contribution in [0.25, 0.3) is 17.1 Å². The number of nitrogens with zero attached hydrogens (tertiary/aromatic N) is 6. The zero-order chi connectivity index (χ0) is 11.5. The van der Waals surface area contributed by atoms with E-state index in [4.69, 9.17) is 0 Å². The van der Waals surface area contributed by atoms with Crippen LogP contribution in [-0.4, -0.2) is 30.2 Å². The van der Waals surface area contributed by atoms with Crippen molar-refractivity contribution in [2.45, 2.75) is 0 Å². The Hall–Kier alpha value is -2.63. The van der Waals surface area contributed by atoms with Crippen molar-refractivity contribution in [2.24, 2.45) is 0 Å². The molecule has 0 bridgehead atoms. The lowest BCUT2D eigenvalue weighted by atomic mass is 10.3. The zero-order valence-electron chi connectivity index (χ0n) is 8.80. The Morgan fingerprint density at radius 1 is 0.941 bits per heavy atom.